The Kier molecular flexibility index (Phi) is 3.82. The second-order valence-electron chi connectivity index (χ2n) is 3.52. The van der Waals surface area contributed by atoms with Crippen molar-refractivity contribution in [1.82, 2.24) is 10.3 Å². The van der Waals surface area contributed by atoms with E-state index in [-0.39, 0.29) is 9.92 Å². The summed E-state index contributed by atoms with van der Waals surface area (Å²) in [5.74, 6) is 0. The van der Waals surface area contributed by atoms with Gasteiger partial charge in [-0.25, -0.2) is 4.98 Å². The summed E-state index contributed by atoms with van der Waals surface area (Å²) in [5.41, 5.74) is 0.940. The number of hydrogen-bond acceptors (Lipinski definition) is 6. The Hall–Kier alpha value is -1.31. The van der Waals surface area contributed by atoms with E-state index in [1.165, 1.54) is 4.88 Å². The summed E-state index contributed by atoms with van der Waals surface area (Å²) in [5, 5.41) is 16.7. The smallest absolute Gasteiger partial charge is 0.306 e. The van der Waals surface area contributed by atoms with Crippen LogP contribution in [0, 0.1) is 17.0 Å². The van der Waals surface area contributed by atoms with Crippen molar-refractivity contribution in [3.05, 3.63) is 43.2 Å². The van der Waals surface area contributed by atoms with Gasteiger partial charge >= 0.3 is 5.00 Å². The van der Waals surface area contributed by atoms with Gasteiger partial charge in [0, 0.05) is 35.6 Å². The van der Waals surface area contributed by atoms with E-state index < -0.39 is 0 Å². The Morgan fingerprint density at radius 3 is 2.94 bits per heavy atom. The third-order valence-electron chi connectivity index (χ3n) is 2.09. The molecule has 0 unspecified atom stereocenters. The lowest BCUT2D eigenvalue weighted by molar-refractivity contribution is -0.380. The lowest BCUT2D eigenvalue weighted by Crippen LogP contribution is -2.11. The van der Waals surface area contributed by atoms with E-state index in [1.54, 1.807) is 22.8 Å². The van der Waals surface area contributed by atoms with Crippen molar-refractivity contribution in [2.24, 2.45) is 0 Å². The number of aryl methyl sites for hydroxylation is 1. The van der Waals surface area contributed by atoms with Gasteiger partial charge < -0.3 is 5.32 Å². The summed E-state index contributed by atoms with van der Waals surface area (Å²) in [6.45, 7) is 3.34. The summed E-state index contributed by atoms with van der Waals surface area (Å²) >= 11 is 2.81. The zero-order valence-electron chi connectivity index (χ0n) is 9.17. The van der Waals surface area contributed by atoms with Crippen LogP contribution < -0.4 is 5.32 Å². The van der Waals surface area contributed by atoms with Gasteiger partial charge in [0.25, 0.3) is 0 Å². The van der Waals surface area contributed by atoms with Gasteiger partial charge in [0.1, 0.15) is 5.01 Å². The minimum absolute atomic E-state index is 0.187. The van der Waals surface area contributed by atoms with Crippen molar-refractivity contribution in [3.63, 3.8) is 0 Å². The van der Waals surface area contributed by atoms with Crippen LogP contribution in [0.1, 0.15) is 15.4 Å². The lowest BCUT2D eigenvalue weighted by atomic mass is 10.3. The monoisotopic (exact) mass is 269 g/mol. The fraction of sp³-hybridized carbons (Fsp3) is 0.300. The molecule has 90 valence electrons. The van der Waals surface area contributed by atoms with Crippen LogP contribution in [-0.4, -0.2) is 9.91 Å². The minimum Gasteiger partial charge on any atom is -0.306 e. The number of nitro groups is 1. The highest BCUT2D eigenvalue weighted by atomic mass is 32.1. The van der Waals surface area contributed by atoms with Gasteiger partial charge in [-0.2, -0.15) is 0 Å². The molecule has 0 aromatic carbocycles. The fourth-order valence-electron chi connectivity index (χ4n) is 1.35. The Morgan fingerprint density at radius 1 is 1.53 bits per heavy atom. The van der Waals surface area contributed by atoms with E-state index in [1.807, 2.05) is 13.1 Å². The second-order valence-corrected chi connectivity index (χ2v) is 5.73. The zero-order chi connectivity index (χ0) is 12.3. The molecule has 0 amide bonds. The van der Waals surface area contributed by atoms with Crippen LogP contribution in [0.5, 0.6) is 0 Å². The summed E-state index contributed by atoms with van der Waals surface area (Å²) in [6, 6.07) is 1.60. The van der Waals surface area contributed by atoms with Crippen molar-refractivity contribution < 1.29 is 4.92 Å². The van der Waals surface area contributed by atoms with Gasteiger partial charge in [0.15, 0.2) is 0 Å². The van der Waals surface area contributed by atoms with Gasteiger partial charge in [-0.15, -0.1) is 11.3 Å². The highest BCUT2D eigenvalue weighted by molar-refractivity contribution is 7.13. The summed E-state index contributed by atoms with van der Waals surface area (Å²) in [4.78, 5) is 15.6. The quantitative estimate of drug-likeness (QED) is 0.669. The number of thiophene rings is 1. The summed E-state index contributed by atoms with van der Waals surface area (Å²) in [7, 11) is 0. The highest BCUT2D eigenvalue weighted by Gasteiger charge is 2.09. The average molecular weight is 269 g/mol. The van der Waals surface area contributed by atoms with Gasteiger partial charge in [0.05, 0.1) is 4.92 Å². The second kappa shape index (κ2) is 5.35. The molecule has 1 N–H and O–H groups in total. The van der Waals surface area contributed by atoms with E-state index in [2.05, 4.69) is 10.3 Å². The number of rotatable bonds is 5. The number of aromatic nitrogens is 1. The molecule has 7 heteroatoms. The van der Waals surface area contributed by atoms with Crippen molar-refractivity contribution in [2.45, 2.75) is 20.0 Å². The predicted octanol–water partition coefficient (Wildman–Crippen LogP) is 2.71. The molecule has 0 saturated heterocycles. The van der Waals surface area contributed by atoms with Gasteiger partial charge in [-0.1, -0.05) is 11.3 Å². The fourth-order valence-corrected chi connectivity index (χ4v) is 2.83. The first kappa shape index (κ1) is 12.2. The van der Waals surface area contributed by atoms with Gasteiger partial charge in [-0.05, 0) is 12.5 Å². The normalized spacial score (nSPS) is 10.6. The number of hydrogen-bond donors (Lipinski definition) is 1. The molecule has 17 heavy (non-hydrogen) atoms. The minimum atomic E-state index is -0.363. The molecule has 0 bridgehead atoms. The maximum absolute atomic E-state index is 10.5. The van der Waals surface area contributed by atoms with Crippen molar-refractivity contribution in [3.8, 4) is 0 Å². The first-order valence-electron chi connectivity index (χ1n) is 4.99. The topological polar surface area (TPSA) is 68.1 Å². The predicted molar refractivity (Wildman–Crippen MR) is 68.4 cm³/mol. The maximum Gasteiger partial charge on any atom is 0.324 e. The Balaban J connectivity index is 1.83. The number of nitrogens with one attached hydrogen (secondary N) is 1. The molecule has 0 atom stereocenters. The molecular weight excluding hydrogens is 258 g/mol. The van der Waals surface area contributed by atoms with Crippen LogP contribution in [0.2, 0.25) is 0 Å². The van der Waals surface area contributed by atoms with Crippen LogP contribution in [0.4, 0.5) is 5.00 Å². The molecule has 0 spiro atoms. The largest absolute Gasteiger partial charge is 0.324 e. The number of nitrogens with zero attached hydrogens (tertiary/aromatic N) is 2. The zero-order valence-corrected chi connectivity index (χ0v) is 10.8. The Bertz CT molecular complexity index is 521. The Labute approximate surface area is 106 Å². The molecule has 0 aliphatic carbocycles. The molecule has 0 aliphatic heterocycles. The van der Waals surface area contributed by atoms with Crippen LogP contribution in [0.3, 0.4) is 0 Å². The molecule has 5 nitrogen and oxygen atoms in total. The summed E-state index contributed by atoms with van der Waals surface area (Å²) in [6.07, 6.45) is 1.84. The van der Waals surface area contributed by atoms with Crippen LogP contribution >= 0.6 is 22.7 Å². The first-order valence-corrected chi connectivity index (χ1v) is 6.68. The molecule has 2 rings (SSSR count). The molecule has 2 heterocycles. The third-order valence-corrected chi connectivity index (χ3v) is 3.94. The molecule has 2 aromatic rings. The van der Waals surface area contributed by atoms with E-state index in [0.717, 1.165) is 21.9 Å². The highest BCUT2D eigenvalue weighted by Crippen LogP contribution is 2.22. The van der Waals surface area contributed by atoms with E-state index in [4.69, 9.17) is 0 Å². The molecular formula is C10H11N3O2S2. The standard InChI is InChI=1S/C10H11N3O2S2/c1-7-3-12-9(17-7)5-11-4-8-2-10(13(14)15)16-6-8/h2-3,6,11H,4-5H2,1H3. The number of thiazole rings is 1. The van der Waals surface area contributed by atoms with Crippen LogP contribution in [-0.2, 0) is 13.1 Å². The van der Waals surface area contributed by atoms with E-state index in [9.17, 15) is 10.1 Å². The lowest BCUT2D eigenvalue weighted by Gasteiger charge is -1.98. The Morgan fingerprint density at radius 2 is 2.35 bits per heavy atom. The SMILES string of the molecule is Cc1cnc(CNCc2csc([N+](=O)[O-])c2)s1. The molecule has 0 saturated carbocycles. The van der Waals surface area contributed by atoms with Crippen molar-refractivity contribution >= 4 is 27.7 Å². The van der Waals surface area contributed by atoms with Gasteiger partial charge in [0.2, 0.25) is 0 Å². The average Bonchev–Trinajstić information content (AvgIpc) is 2.88. The van der Waals surface area contributed by atoms with Crippen molar-refractivity contribution in [2.75, 3.05) is 0 Å². The van der Waals surface area contributed by atoms with Crippen LogP contribution in [0.15, 0.2) is 17.6 Å². The molecule has 2 aromatic heterocycles. The van der Waals surface area contributed by atoms with Gasteiger partial charge in [-0.3, -0.25) is 10.1 Å². The molecule has 0 radical (unpaired) electrons. The van der Waals surface area contributed by atoms with Crippen molar-refractivity contribution in [1.29, 1.82) is 0 Å². The molecule has 0 aliphatic rings. The summed E-state index contributed by atoms with van der Waals surface area (Å²) < 4.78 is 0. The van der Waals surface area contributed by atoms with Crippen LogP contribution in [0.25, 0.3) is 0 Å². The first-order chi connectivity index (χ1) is 8.15. The van der Waals surface area contributed by atoms with E-state index >= 15 is 0 Å². The van der Waals surface area contributed by atoms with E-state index in [0.29, 0.717) is 13.1 Å². The third kappa shape index (κ3) is 3.32. The molecule has 0 fully saturated rings. The maximum atomic E-state index is 10.5.